The van der Waals surface area contributed by atoms with Gasteiger partial charge in [0.25, 0.3) is 0 Å². The van der Waals surface area contributed by atoms with Crippen molar-refractivity contribution >= 4 is 33.0 Å². The second-order valence-corrected chi connectivity index (χ2v) is 9.39. The number of nitrogens with one attached hydrogen (secondary N) is 1. The first-order valence-corrected chi connectivity index (χ1v) is 11.5. The Kier molecular flexibility index (Phi) is 6.69. The van der Waals surface area contributed by atoms with Crippen molar-refractivity contribution in [1.82, 2.24) is 9.21 Å². The van der Waals surface area contributed by atoms with Crippen LogP contribution in [0.1, 0.15) is 31.7 Å². The molecule has 0 spiro atoms. The molecule has 0 aliphatic carbocycles. The highest BCUT2D eigenvalue weighted by Crippen LogP contribution is 2.21. The van der Waals surface area contributed by atoms with Gasteiger partial charge in [-0.15, -0.1) is 0 Å². The number of hydrogen-bond acceptors (Lipinski definition) is 3. The lowest BCUT2D eigenvalue weighted by Gasteiger charge is -2.35. The second kappa shape index (κ2) is 9.03. The van der Waals surface area contributed by atoms with Crippen LogP contribution in [0.2, 0.25) is 0 Å². The van der Waals surface area contributed by atoms with Gasteiger partial charge < -0.3 is 10.2 Å². The highest BCUT2D eigenvalue weighted by Gasteiger charge is 2.29. The van der Waals surface area contributed by atoms with Crippen molar-refractivity contribution in [2.45, 2.75) is 31.1 Å². The number of hydrogen-bond donors (Lipinski definition) is 1. The monoisotopic (exact) mass is 417 g/mol. The smallest absolute Gasteiger partial charge is 0.243 e. The number of benzene rings is 2. The Hall–Kier alpha value is -1.96. The van der Waals surface area contributed by atoms with E-state index >= 15 is 0 Å². The summed E-state index contributed by atoms with van der Waals surface area (Å²) in [5, 5.41) is 3.90. The molecule has 0 saturated carbocycles. The minimum Gasteiger partial charge on any atom is -0.346 e. The summed E-state index contributed by atoms with van der Waals surface area (Å²) in [6.07, 6.45) is 1.11. The lowest BCUT2D eigenvalue weighted by atomic mass is 9.99. The average Bonchev–Trinajstić information content (AvgIpc) is 2.74. The standard InChI is InChI=1S/C21H27N3O2S2/c1-3-17(2)18-9-11-19(12-10-18)22-21(27)23-13-15-24(16-14-23)28(25,26)20-7-5-4-6-8-20/h4-12,17H,3,13-16H2,1-2H3,(H,22,27). The van der Waals surface area contributed by atoms with E-state index in [1.807, 2.05) is 23.1 Å². The van der Waals surface area contributed by atoms with Crippen LogP contribution in [0.25, 0.3) is 0 Å². The molecule has 1 aliphatic rings. The fourth-order valence-electron chi connectivity index (χ4n) is 3.21. The third-order valence-corrected chi connectivity index (χ3v) is 7.52. The minimum atomic E-state index is -3.44. The Bertz CT molecular complexity index is 891. The number of anilines is 1. The van der Waals surface area contributed by atoms with Crippen molar-refractivity contribution in [3.63, 3.8) is 0 Å². The maximum absolute atomic E-state index is 12.7. The zero-order valence-electron chi connectivity index (χ0n) is 16.3. The van der Waals surface area contributed by atoms with E-state index < -0.39 is 10.0 Å². The van der Waals surface area contributed by atoms with Gasteiger partial charge in [0.1, 0.15) is 0 Å². The quantitative estimate of drug-likeness (QED) is 0.748. The van der Waals surface area contributed by atoms with Gasteiger partial charge in [-0.05, 0) is 54.4 Å². The fraction of sp³-hybridized carbons (Fsp3) is 0.381. The molecular weight excluding hydrogens is 390 g/mol. The molecule has 0 radical (unpaired) electrons. The molecule has 1 unspecified atom stereocenters. The zero-order valence-corrected chi connectivity index (χ0v) is 18.0. The van der Waals surface area contributed by atoms with Gasteiger partial charge in [0.2, 0.25) is 10.0 Å². The Morgan fingerprint density at radius 3 is 2.21 bits per heavy atom. The van der Waals surface area contributed by atoms with E-state index in [1.54, 1.807) is 24.3 Å². The first-order chi connectivity index (χ1) is 13.4. The summed E-state index contributed by atoms with van der Waals surface area (Å²) in [5.74, 6) is 0.542. The van der Waals surface area contributed by atoms with Gasteiger partial charge in [0.05, 0.1) is 4.90 Å². The predicted octanol–water partition coefficient (Wildman–Crippen LogP) is 3.90. The third kappa shape index (κ3) is 4.71. The summed E-state index contributed by atoms with van der Waals surface area (Å²) in [6.45, 7) is 6.39. The van der Waals surface area contributed by atoms with Gasteiger partial charge in [0, 0.05) is 31.9 Å². The maximum Gasteiger partial charge on any atom is 0.243 e. The van der Waals surface area contributed by atoms with Gasteiger partial charge in [-0.3, -0.25) is 0 Å². The lowest BCUT2D eigenvalue weighted by Crippen LogP contribution is -2.51. The summed E-state index contributed by atoms with van der Waals surface area (Å²) in [5.41, 5.74) is 2.27. The molecule has 1 aliphatic heterocycles. The normalized spacial score (nSPS) is 16.6. The first-order valence-electron chi connectivity index (χ1n) is 9.63. The van der Waals surface area contributed by atoms with Crippen molar-refractivity contribution in [2.75, 3.05) is 31.5 Å². The van der Waals surface area contributed by atoms with Crippen LogP contribution in [-0.4, -0.2) is 48.9 Å². The third-order valence-electron chi connectivity index (χ3n) is 5.25. The van der Waals surface area contributed by atoms with Gasteiger partial charge in [-0.25, -0.2) is 8.42 Å². The van der Waals surface area contributed by atoms with Crippen LogP contribution in [-0.2, 0) is 10.0 Å². The van der Waals surface area contributed by atoms with Crippen LogP contribution in [0.15, 0.2) is 59.5 Å². The van der Waals surface area contributed by atoms with Crippen LogP contribution >= 0.6 is 12.2 Å². The SMILES string of the molecule is CCC(C)c1ccc(NC(=S)N2CCN(S(=O)(=O)c3ccccc3)CC2)cc1. The largest absolute Gasteiger partial charge is 0.346 e. The molecule has 3 rings (SSSR count). The summed E-state index contributed by atoms with van der Waals surface area (Å²) < 4.78 is 27.0. The summed E-state index contributed by atoms with van der Waals surface area (Å²) in [7, 11) is -3.44. The zero-order chi connectivity index (χ0) is 20.1. The van der Waals surface area contributed by atoms with Gasteiger partial charge in [-0.1, -0.05) is 44.2 Å². The highest BCUT2D eigenvalue weighted by molar-refractivity contribution is 7.89. The van der Waals surface area contributed by atoms with Crippen molar-refractivity contribution in [2.24, 2.45) is 0 Å². The number of rotatable bonds is 5. The predicted molar refractivity (Wildman–Crippen MR) is 118 cm³/mol. The van der Waals surface area contributed by atoms with E-state index in [4.69, 9.17) is 12.2 Å². The molecule has 1 saturated heterocycles. The van der Waals surface area contributed by atoms with Gasteiger partial charge in [-0.2, -0.15) is 4.31 Å². The van der Waals surface area contributed by atoms with Crippen LogP contribution in [0.3, 0.4) is 0 Å². The average molecular weight is 418 g/mol. The molecule has 2 aromatic rings. The van der Waals surface area contributed by atoms with Gasteiger partial charge in [0.15, 0.2) is 5.11 Å². The molecule has 1 N–H and O–H groups in total. The number of nitrogens with zero attached hydrogens (tertiary/aromatic N) is 2. The number of sulfonamides is 1. The summed E-state index contributed by atoms with van der Waals surface area (Å²) in [6, 6.07) is 16.9. The number of thiocarbonyl (C=S) groups is 1. The van der Waals surface area contributed by atoms with Crippen molar-refractivity contribution in [3.05, 3.63) is 60.2 Å². The Balaban J connectivity index is 1.57. The minimum absolute atomic E-state index is 0.338. The molecule has 0 aromatic heterocycles. The second-order valence-electron chi connectivity index (χ2n) is 7.07. The molecule has 28 heavy (non-hydrogen) atoms. The molecule has 1 atom stereocenters. The van der Waals surface area contributed by atoms with E-state index in [2.05, 4.69) is 31.3 Å². The maximum atomic E-state index is 12.7. The van der Waals surface area contributed by atoms with E-state index in [0.717, 1.165) is 12.1 Å². The topological polar surface area (TPSA) is 52.6 Å². The van der Waals surface area contributed by atoms with Crippen LogP contribution in [0.4, 0.5) is 5.69 Å². The Morgan fingerprint density at radius 1 is 1.04 bits per heavy atom. The summed E-state index contributed by atoms with van der Waals surface area (Å²) >= 11 is 5.54. The molecule has 1 heterocycles. The Morgan fingerprint density at radius 2 is 1.64 bits per heavy atom. The van der Waals surface area contributed by atoms with Crippen LogP contribution < -0.4 is 5.32 Å². The molecule has 150 valence electrons. The molecule has 1 fully saturated rings. The molecule has 0 amide bonds. The van der Waals surface area contributed by atoms with E-state index in [0.29, 0.717) is 42.1 Å². The first kappa shape index (κ1) is 20.8. The lowest BCUT2D eigenvalue weighted by molar-refractivity contribution is 0.268. The fourth-order valence-corrected chi connectivity index (χ4v) is 4.95. The van der Waals surface area contributed by atoms with Crippen molar-refractivity contribution in [1.29, 1.82) is 0 Å². The molecule has 7 heteroatoms. The molecule has 0 bridgehead atoms. The summed E-state index contributed by atoms with van der Waals surface area (Å²) in [4.78, 5) is 2.36. The van der Waals surface area contributed by atoms with Crippen molar-refractivity contribution in [3.8, 4) is 0 Å². The van der Waals surface area contributed by atoms with Gasteiger partial charge >= 0.3 is 0 Å². The highest BCUT2D eigenvalue weighted by atomic mass is 32.2. The molecule has 5 nitrogen and oxygen atoms in total. The molecular formula is C21H27N3O2S2. The van der Waals surface area contributed by atoms with E-state index in [1.165, 1.54) is 9.87 Å². The molecule has 2 aromatic carbocycles. The van der Waals surface area contributed by atoms with E-state index in [9.17, 15) is 8.42 Å². The van der Waals surface area contributed by atoms with E-state index in [-0.39, 0.29) is 0 Å². The van der Waals surface area contributed by atoms with Crippen LogP contribution in [0, 0.1) is 0 Å². The Labute approximate surface area is 173 Å². The number of piperazine rings is 1. The van der Waals surface area contributed by atoms with Crippen LogP contribution in [0.5, 0.6) is 0 Å². The van der Waals surface area contributed by atoms with Crippen molar-refractivity contribution < 1.29 is 8.42 Å².